The second kappa shape index (κ2) is 6.74. The molecule has 2 rings (SSSR count). The van der Waals surface area contributed by atoms with Crippen molar-refractivity contribution in [1.29, 1.82) is 0 Å². The maximum Gasteiger partial charge on any atom is 0.337 e. The summed E-state index contributed by atoms with van der Waals surface area (Å²) < 4.78 is 9.23. The smallest absolute Gasteiger partial charge is 0.337 e. The van der Waals surface area contributed by atoms with Gasteiger partial charge in [0.1, 0.15) is 5.75 Å². The van der Waals surface area contributed by atoms with Gasteiger partial charge in [-0.25, -0.2) is 9.59 Å². The fourth-order valence-corrected chi connectivity index (χ4v) is 2.05. The molecular formula is C17H14O6. The lowest BCUT2D eigenvalue weighted by Gasteiger charge is -2.08. The fraction of sp³-hybridized carbons (Fsp3) is 0.118. The van der Waals surface area contributed by atoms with Gasteiger partial charge in [0.25, 0.3) is 0 Å². The number of phenols is 1. The zero-order valence-corrected chi connectivity index (χ0v) is 12.5. The number of methoxy groups -OCH3 is 2. The monoisotopic (exact) mass is 314 g/mol. The molecule has 0 saturated heterocycles. The van der Waals surface area contributed by atoms with Crippen molar-refractivity contribution in [1.82, 2.24) is 0 Å². The molecule has 0 heterocycles. The Balaban J connectivity index is 2.57. The number of benzene rings is 2. The third kappa shape index (κ3) is 3.37. The highest BCUT2D eigenvalue weighted by Crippen LogP contribution is 2.22. The molecule has 2 aromatic rings. The van der Waals surface area contributed by atoms with Crippen LogP contribution < -0.4 is 0 Å². The Morgan fingerprint density at radius 2 is 1.30 bits per heavy atom. The summed E-state index contributed by atoms with van der Waals surface area (Å²) in [5.41, 5.74) is 0.198. The first-order valence-electron chi connectivity index (χ1n) is 6.62. The van der Waals surface area contributed by atoms with Crippen LogP contribution in [0.15, 0.2) is 42.5 Å². The number of aromatic hydroxyl groups is 1. The van der Waals surface area contributed by atoms with Crippen molar-refractivity contribution >= 4 is 17.7 Å². The van der Waals surface area contributed by atoms with Gasteiger partial charge in [-0.05, 0) is 30.3 Å². The van der Waals surface area contributed by atoms with Crippen LogP contribution in [0.1, 0.15) is 36.6 Å². The van der Waals surface area contributed by atoms with E-state index in [1.807, 2.05) is 0 Å². The summed E-state index contributed by atoms with van der Waals surface area (Å²) in [6.07, 6.45) is 0. The molecule has 0 aliphatic heterocycles. The van der Waals surface area contributed by atoms with Gasteiger partial charge in [-0.15, -0.1) is 0 Å². The van der Waals surface area contributed by atoms with Crippen LogP contribution in [0, 0.1) is 0 Å². The molecule has 0 aromatic heterocycles. The molecule has 0 unspecified atom stereocenters. The van der Waals surface area contributed by atoms with Crippen LogP contribution in [-0.4, -0.2) is 37.0 Å². The number of ether oxygens (including phenoxy) is 2. The lowest BCUT2D eigenvalue weighted by molar-refractivity contribution is 0.0599. The number of ketones is 1. The molecule has 0 radical (unpaired) electrons. The lowest BCUT2D eigenvalue weighted by atomic mass is 9.98. The minimum atomic E-state index is -0.693. The Bertz CT molecular complexity index is 744. The minimum absolute atomic E-state index is 0.0363. The summed E-state index contributed by atoms with van der Waals surface area (Å²) in [7, 11) is 2.38. The molecule has 23 heavy (non-hydrogen) atoms. The van der Waals surface area contributed by atoms with Crippen LogP contribution in [0.25, 0.3) is 0 Å². The first-order chi connectivity index (χ1) is 11.0. The van der Waals surface area contributed by atoms with Crippen molar-refractivity contribution < 1.29 is 29.0 Å². The van der Waals surface area contributed by atoms with Gasteiger partial charge in [-0.3, -0.25) is 4.79 Å². The van der Waals surface area contributed by atoms with E-state index in [0.717, 1.165) is 0 Å². The van der Waals surface area contributed by atoms with Gasteiger partial charge in [0.2, 0.25) is 0 Å². The van der Waals surface area contributed by atoms with Crippen LogP contribution >= 0.6 is 0 Å². The van der Waals surface area contributed by atoms with E-state index in [0.29, 0.717) is 0 Å². The predicted octanol–water partition coefficient (Wildman–Crippen LogP) is 2.20. The third-order valence-electron chi connectivity index (χ3n) is 3.19. The average Bonchev–Trinajstić information content (AvgIpc) is 2.59. The highest BCUT2D eigenvalue weighted by atomic mass is 16.5. The molecule has 0 aliphatic carbocycles. The SMILES string of the molecule is COC(=O)c1cc(C(=O)OC)cc(C(=O)c2ccccc2O)c1. The maximum atomic E-state index is 12.5. The predicted molar refractivity (Wildman–Crippen MR) is 80.7 cm³/mol. The fourth-order valence-electron chi connectivity index (χ4n) is 2.05. The molecule has 118 valence electrons. The first kappa shape index (κ1) is 16.2. The summed E-state index contributed by atoms with van der Waals surface area (Å²) in [5.74, 6) is -2.11. The minimum Gasteiger partial charge on any atom is -0.507 e. The normalized spacial score (nSPS) is 10.0. The number of esters is 2. The quantitative estimate of drug-likeness (QED) is 0.687. The van der Waals surface area contributed by atoms with Gasteiger partial charge < -0.3 is 14.6 Å². The average molecular weight is 314 g/mol. The molecule has 1 N–H and O–H groups in total. The number of para-hydroxylation sites is 1. The molecule has 0 spiro atoms. The third-order valence-corrected chi connectivity index (χ3v) is 3.19. The van der Waals surface area contributed by atoms with Gasteiger partial charge in [0, 0.05) is 5.56 Å². The molecule has 0 fully saturated rings. The number of phenolic OH excluding ortho intramolecular Hbond substituents is 1. The number of carbonyl (C=O) groups excluding carboxylic acids is 3. The number of hydrogen-bond acceptors (Lipinski definition) is 6. The number of hydrogen-bond donors (Lipinski definition) is 1. The molecule has 0 saturated carbocycles. The van der Waals surface area contributed by atoms with Gasteiger partial charge in [0.15, 0.2) is 5.78 Å². The molecule has 6 nitrogen and oxygen atoms in total. The van der Waals surface area contributed by atoms with Crippen molar-refractivity contribution in [3.05, 3.63) is 64.7 Å². The van der Waals surface area contributed by atoms with E-state index in [9.17, 15) is 19.5 Å². The van der Waals surface area contributed by atoms with E-state index in [4.69, 9.17) is 0 Å². The zero-order valence-electron chi connectivity index (χ0n) is 12.5. The summed E-state index contributed by atoms with van der Waals surface area (Å²) in [6, 6.07) is 9.87. The number of carbonyl (C=O) groups is 3. The van der Waals surface area contributed by atoms with E-state index in [1.54, 1.807) is 12.1 Å². The highest BCUT2D eigenvalue weighted by molar-refractivity contribution is 6.12. The zero-order chi connectivity index (χ0) is 17.0. The van der Waals surface area contributed by atoms with E-state index in [-0.39, 0.29) is 28.0 Å². The van der Waals surface area contributed by atoms with Crippen molar-refractivity contribution in [2.24, 2.45) is 0 Å². The Kier molecular flexibility index (Phi) is 4.75. The van der Waals surface area contributed by atoms with Crippen LogP contribution in [0.2, 0.25) is 0 Å². The van der Waals surface area contributed by atoms with E-state index >= 15 is 0 Å². The Labute approximate surface area is 132 Å². The Morgan fingerprint density at radius 1 is 0.826 bits per heavy atom. The molecule has 6 heteroatoms. The molecule has 0 bridgehead atoms. The summed E-state index contributed by atoms with van der Waals surface area (Å²) in [4.78, 5) is 36.0. The summed E-state index contributed by atoms with van der Waals surface area (Å²) in [6.45, 7) is 0. The molecule has 0 aliphatic rings. The van der Waals surface area contributed by atoms with Crippen LogP contribution in [0.3, 0.4) is 0 Å². The Morgan fingerprint density at radius 3 is 1.78 bits per heavy atom. The second-order valence-corrected chi connectivity index (χ2v) is 4.63. The molecule has 0 atom stereocenters. The van der Waals surface area contributed by atoms with E-state index in [1.165, 1.54) is 44.6 Å². The van der Waals surface area contributed by atoms with E-state index < -0.39 is 17.7 Å². The standard InChI is InChI=1S/C17H14O6/c1-22-16(20)11-7-10(8-12(9-11)17(21)23-2)15(19)13-5-3-4-6-14(13)18/h3-9,18H,1-2H3. The van der Waals surface area contributed by atoms with Crippen LogP contribution in [0.4, 0.5) is 0 Å². The van der Waals surface area contributed by atoms with Gasteiger partial charge >= 0.3 is 11.9 Å². The van der Waals surface area contributed by atoms with Crippen molar-refractivity contribution in [3.63, 3.8) is 0 Å². The maximum absolute atomic E-state index is 12.5. The molecule has 0 amide bonds. The largest absolute Gasteiger partial charge is 0.507 e. The summed E-state index contributed by atoms with van der Waals surface area (Å²) in [5, 5.41) is 9.79. The van der Waals surface area contributed by atoms with Crippen molar-refractivity contribution in [2.45, 2.75) is 0 Å². The van der Waals surface area contributed by atoms with Crippen LogP contribution in [0.5, 0.6) is 5.75 Å². The Hall–Kier alpha value is -3.15. The van der Waals surface area contributed by atoms with Crippen molar-refractivity contribution in [3.8, 4) is 5.75 Å². The lowest BCUT2D eigenvalue weighted by Crippen LogP contribution is -2.11. The van der Waals surface area contributed by atoms with E-state index in [2.05, 4.69) is 9.47 Å². The van der Waals surface area contributed by atoms with Crippen LogP contribution in [-0.2, 0) is 9.47 Å². The molecule has 2 aromatic carbocycles. The molecular weight excluding hydrogens is 300 g/mol. The second-order valence-electron chi connectivity index (χ2n) is 4.63. The first-order valence-corrected chi connectivity index (χ1v) is 6.62. The highest BCUT2D eigenvalue weighted by Gasteiger charge is 2.19. The van der Waals surface area contributed by atoms with Crippen molar-refractivity contribution in [2.75, 3.05) is 14.2 Å². The van der Waals surface area contributed by atoms with Gasteiger partial charge in [-0.2, -0.15) is 0 Å². The van der Waals surface area contributed by atoms with Gasteiger partial charge in [-0.1, -0.05) is 12.1 Å². The topological polar surface area (TPSA) is 89.9 Å². The summed E-state index contributed by atoms with van der Waals surface area (Å²) >= 11 is 0. The number of rotatable bonds is 4. The van der Waals surface area contributed by atoms with Gasteiger partial charge in [0.05, 0.1) is 30.9 Å².